The number of anilines is 5. The van der Waals surface area contributed by atoms with Crippen LogP contribution in [0.3, 0.4) is 0 Å². The average molecular weight is 521 g/mol. The van der Waals surface area contributed by atoms with Gasteiger partial charge in [0.15, 0.2) is 0 Å². The summed E-state index contributed by atoms with van der Waals surface area (Å²) in [5, 5.41) is 8.27. The number of sulfonamides is 1. The van der Waals surface area contributed by atoms with E-state index in [0.29, 0.717) is 28.7 Å². The van der Waals surface area contributed by atoms with Gasteiger partial charge in [-0.1, -0.05) is 12.1 Å². The molecule has 0 bridgehead atoms. The van der Waals surface area contributed by atoms with Crippen molar-refractivity contribution in [2.75, 3.05) is 26.4 Å². The molecular formula is C23H23F3N6O3S. The van der Waals surface area contributed by atoms with Gasteiger partial charge >= 0.3 is 6.18 Å². The van der Waals surface area contributed by atoms with Crippen molar-refractivity contribution in [2.24, 2.45) is 0 Å². The number of hydrogen-bond donors (Lipinski definition) is 4. The Kier molecular flexibility index (Phi) is 6.76. The summed E-state index contributed by atoms with van der Waals surface area (Å²) in [6.07, 6.45) is -3.85. The van der Waals surface area contributed by atoms with E-state index in [1.165, 1.54) is 6.92 Å². The van der Waals surface area contributed by atoms with Gasteiger partial charge in [0, 0.05) is 24.1 Å². The second kappa shape index (κ2) is 9.64. The summed E-state index contributed by atoms with van der Waals surface area (Å²) in [6.45, 7) is 3.09. The molecule has 3 aromatic rings. The predicted octanol–water partition coefficient (Wildman–Crippen LogP) is 4.42. The van der Waals surface area contributed by atoms with E-state index in [4.69, 9.17) is 0 Å². The zero-order chi connectivity index (χ0) is 26.1. The maximum Gasteiger partial charge on any atom is 0.421 e. The van der Waals surface area contributed by atoms with Crippen molar-refractivity contribution in [2.45, 2.75) is 33.0 Å². The van der Waals surface area contributed by atoms with Crippen LogP contribution in [0.15, 0.2) is 42.6 Å². The van der Waals surface area contributed by atoms with Gasteiger partial charge in [0.25, 0.3) is 0 Å². The molecule has 4 rings (SSSR count). The van der Waals surface area contributed by atoms with Crippen LogP contribution in [0.4, 0.5) is 42.0 Å². The van der Waals surface area contributed by atoms with E-state index < -0.39 is 27.6 Å². The van der Waals surface area contributed by atoms with Gasteiger partial charge in [0.05, 0.1) is 17.9 Å². The third-order valence-corrected chi connectivity index (χ3v) is 6.86. The minimum Gasteiger partial charge on any atom is -0.365 e. The number of nitrogens with one attached hydrogen (secondary N) is 4. The average Bonchev–Trinajstić information content (AvgIpc) is 3.17. The molecule has 0 radical (unpaired) electrons. The van der Waals surface area contributed by atoms with Gasteiger partial charge < -0.3 is 16.0 Å². The molecule has 0 aliphatic carbocycles. The number of carbonyl (C=O) groups is 1. The van der Waals surface area contributed by atoms with Crippen LogP contribution in [0.5, 0.6) is 0 Å². The van der Waals surface area contributed by atoms with E-state index >= 15 is 0 Å². The zero-order valence-electron chi connectivity index (χ0n) is 19.3. The number of halogens is 3. The fourth-order valence-electron chi connectivity index (χ4n) is 3.66. The van der Waals surface area contributed by atoms with Crippen molar-refractivity contribution in [3.05, 3.63) is 64.8 Å². The molecule has 2 heterocycles. The van der Waals surface area contributed by atoms with Crippen molar-refractivity contribution in [1.82, 2.24) is 9.97 Å². The van der Waals surface area contributed by atoms with Crippen LogP contribution in [0.1, 0.15) is 29.2 Å². The molecule has 1 aliphatic heterocycles. The van der Waals surface area contributed by atoms with Crippen molar-refractivity contribution in [3.8, 4) is 0 Å². The number of rotatable bonds is 8. The van der Waals surface area contributed by atoms with E-state index in [-0.39, 0.29) is 36.3 Å². The summed E-state index contributed by atoms with van der Waals surface area (Å²) in [5.74, 6) is -0.846. The first kappa shape index (κ1) is 25.2. The Balaban J connectivity index is 1.62. The molecule has 36 heavy (non-hydrogen) atoms. The molecule has 4 N–H and O–H groups in total. The monoisotopic (exact) mass is 520 g/mol. The molecule has 0 unspecified atom stereocenters. The first-order valence-corrected chi connectivity index (χ1v) is 12.6. The van der Waals surface area contributed by atoms with Crippen LogP contribution in [-0.2, 0) is 34.0 Å². The third-order valence-electron chi connectivity index (χ3n) is 5.57. The molecule has 9 nitrogen and oxygen atoms in total. The van der Waals surface area contributed by atoms with E-state index in [0.717, 1.165) is 5.56 Å². The van der Waals surface area contributed by atoms with Crippen molar-refractivity contribution >= 4 is 44.8 Å². The highest BCUT2D eigenvalue weighted by atomic mass is 32.2. The summed E-state index contributed by atoms with van der Waals surface area (Å²) >= 11 is 0. The lowest BCUT2D eigenvalue weighted by Crippen LogP contribution is -2.18. The van der Waals surface area contributed by atoms with Gasteiger partial charge in [-0.05, 0) is 54.8 Å². The Hall–Kier alpha value is -3.87. The SMILES string of the molecule is CCS(=O)(=O)Nc1cccc(C)c1CNc1nc(Nc2ccc3c(c2)CC(=O)N3)ncc1C(F)(F)F. The summed E-state index contributed by atoms with van der Waals surface area (Å²) in [7, 11) is -3.59. The number of amides is 1. The van der Waals surface area contributed by atoms with Crippen LogP contribution in [0.25, 0.3) is 0 Å². The normalized spacial score (nSPS) is 13.2. The largest absolute Gasteiger partial charge is 0.421 e. The number of nitrogens with zero attached hydrogens (tertiary/aromatic N) is 2. The van der Waals surface area contributed by atoms with Gasteiger partial charge in [-0.3, -0.25) is 9.52 Å². The molecule has 1 amide bonds. The molecule has 0 saturated heterocycles. The summed E-state index contributed by atoms with van der Waals surface area (Å²) in [4.78, 5) is 19.4. The Morgan fingerprint density at radius 3 is 2.67 bits per heavy atom. The first-order chi connectivity index (χ1) is 16.9. The van der Waals surface area contributed by atoms with Gasteiger partial charge in [0.1, 0.15) is 11.4 Å². The smallest absolute Gasteiger partial charge is 0.365 e. The molecule has 1 aliphatic rings. The molecule has 2 aromatic carbocycles. The first-order valence-electron chi connectivity index (χ1n) is 10.9. The van der Waals surface area contributed by atoms with Crippen LogP contribution < -0.4 is 20.7 Å². The third kappa shape index (κ3) is 5.67. The van der Waals surface area contributed by atoms with Gasteiger partial charge in [-0.25, -0.2) is 13.4 Å². The molecular weight excluding hydrogens is 497 g/mol. The second-order valence-corrected chi connectivity index (χ2v) is 10.1. The number of aromatic nitrogens is 2. The molecule has 0 fully saturated rings. The Morgan fingerprint density at radius 1 is 1.17 bits per heavy atom. The number of alkyl halides is 3. The minimum atomic E-state index is -4.72. The van der Waals surface area contributed by atoms with Gasteiger partial charge in [0.2, 0.25) is 21.9 Å². The quantitative estimate of drug-likeness (QED) is 0.347. The summed E-state index contributed by atoms with van der Waals surface area (Å²) in [6, 6.07) is 9.95. The van der Waals surface area contributed by atoms with Crippen molar-refractivity contribution < 1.29 is 26.4 Å². The standard InChI is InChI=1S/C23H23F3N6O3S/c1-3-36(34,35)32-19-6-4-5-13(2)16(19)11-27-21-17(23(24,25)26)12-28-22(31-21)29-15-7-8-18-14(9-15)10-20(33)30-18/h4-9,12,32H,3,10-11H2,1-2H3,(H,30,33)(H2,27,28,29,31). The fourth-order valence-corrected chi connectivity index (χ4v) is 4.34. The van der Waals surface area contributed by atoms with Crippen LogP contribution in [0.2, 0.25) is 0 Å². The van der Waals surface area contributed by atoms with Crippen molar-refractivity contribution in [1.29, 1.82) is 0 Å². The maximum atomic E-state index is 13.7. The lowest BCUT2D eigenvalue weighted by atomic mass is 10.1. The van der Waals surface area contributed by atoms with E-state index in [1.807, 2.05) is 0 Å². The summed E-state index contributed by atoms with van der Waals surface area (Å²) in [5.41, 5.74) is 2.29. The number of benzene rings is 2. The highest BCUT2D eigenvalue weighted by molar-refractivity contribution is 7.92. The highest BCUT2D eigenvalue weighted by Crippen LogP contribution is 2.35. The lowest BCUT2D eigenvalue weighted by Gasteiger charge is -2.18. The molecule has 1 aromatic heterocycles. The predicted molar refractivity (Wildman–Crippen MR) is 131 cm³/mol. The van der Waals surface area contributed by atoms with Crippen LogP contribution >= 0.6 is 0 Å². The van der Waals surface area contributed by atoms with Crippen molar-refractivity contribution in [3.63, 3.8) is 0 Å². The topological polar surface area (TPSA) is 125 Å². The Morgan fingerprint density at radius 2 is 1.94 bits per heavy atom. The fraction of sp³-hybridized carbons (Fsp3) is 0.261. The Bertz CT molecular complexity index is 1430. The lowest BCUT2D eigenvalue weighted by molar-refractivity contribution is -0.137. The zero-order valence-corrected chi connectivity index (χ0v) is 20.1. The van der Waals surface area contributed by atoms with Gasteiger partial charge in [-0.15, -0.1) is 0 Å². The summed E-state index contributed by atoms with van der Waals surface area (Å²) < 4.78 is 67.6. The van der Waals surface area contributed by atoms with E-state index in [9.17, 15) is 26.4 Å². The molecule has 13 heteroatoms. The van der Waals surface area contributed by atoms with Crippen LogP contribution in [-0.4, -0.2) is 30.0 Å². The number of hydrogen-bond acceptors (Lipinski definition) is 7. The molecule has 0 saturated carbocycles. The number of fused-ring (bicyclic) bond motifs is 1. The number of carbonyl (C=O) groups excluding carboxylic acids is 1. The number of aryl methyl sites for hydroxylation is 1. The molecule has 190 valence electrons. The second-order valence-electron chi connectivity index (χ2n) is 8.14. The molecule has 0 spiro atoms. The minimum absolute atomic E-state index is 0.0839. The van der Waals surface area contributed by atoms with E-state index in [2.05, 4.69) is 30.6 Å². The van der Waals surface area contributed by atoms with E-state index in [1.54, 1.807) is 43.3 Å². The van der Waals surface area contributed by atoms with Gasteiger partial charge in [-0.2, -0.15) is 18.2 Å². The Labute approximate surface area is 205 Å². The highest BCUT2D eigenvalue weighted by Gasteiger charge is 2.35. The maximum absolute atomic E-state index is 13.7. The van der Waals surface area contributed by atoms with Crippen LogP contribution in [0, 0.1) is 6.92 Å². The molecule has 0 atom stereocenters.